The van der Waals surface area contributed by atoms with E-state index in [4.69, 9.17) is 5.73 Å². The number of benzene rings is 2. The van der Waals surface area contributed by atoms with Gasteiger partial charge in [-0.2, -0.15) is 0 Å². The highest BCUT2D eigenvalue weighted by molar-refractivity contribution is 7.88. The monoisotopic (exact) mass is 411 g/mol. The zero-order valence-electron chi connectivity index (χ0n) is 15.4. The zero-order chi connectivity index (χ0) is 19.2. The molecular formula is C19H26ClN3O3S. The second-order valence-corrected chi connectivity index (χ2v) is 8.14. The van der Waals surface area contributed by atoms with Crippen molar-refractivity contribution in [2.24, 2.45) is 5.73 Å². The first-order valence-corrected chi connectivity index (χ1v) is 10.1. The Balaban J connectivity index is 0.00000364. The molecule has 2 aromatic rings. The number of sulfonamides is 1. The van der Waals surface area contributed by atoms with Crippen molar-refractivity contribution in [1.82, 2.24) is 10.0 Å². The van der Waals surface area contributed by atoms with Crippen LogP contribution in [0.15, 0.2) is 48.5 Å². The summed E-state index contributed by atoms with van der Waals surface area (Å²) in [6, 6.07) is 14.1. The van der Waals surface area contributed by atoms with Crippen LogP contribution in [-0.2, 0) is 28.9 Å². The minimum Gasteiger partial charge on any atom is -0.348 e. The average Bonchev–Trinajstić information content (AvgIpc) is 2.59. The van der Waals surface area contributed by atoms with Crippen molar-refractivity contribution in [3.8, 4) is 0 Å². The third-order valence-electron chi connectivity index (χ3n) is 3.77. The van der Waals surface area contributed by atoms with Crippen molar-refractivity contribution in [2.45, 2.75) is 38.7 Å². The van der Waals surface area contributed by atoms with E-state index in [9.17, 15) is 13.2 Å². The third-order valence-corrected chi connectivity index (χ3v) is 5.29. The number of halogens is 1. The zero-order valence-corrected chi connectivity index (χ0v) is 17.1. The maximum atomic E-state index is 12.3. The van der Waals surface area contributed by atoms with Gasteiger partial charge in [-0.1, -0.05) is 36.4 Å². The van der Waals surface area contributed by atoms with Gasteiger partial charge in [0, 0.05) is 24.7 Å². The number of amides is 1. The van der Waals surface area contributed by atoms with E-state index in [1.54, 1.807) is 38.1 Å². The fraction of sp³-hybridized carbons (Fsp3) is 0.316. The Kier molecular flexibility index (Phi) is 8.92. The number of carbonyl (C=O) groups is 1. The predicted octanol–water partition coefficient (Wildman–Crippen LogP) is 2.32. The van der Waals surface area contributed by atoms with E-state index in [1.807, 2.05) is 24.3 Å². The Morgan fingerprint density at radius 2 is 1.63 bits per heavy atom. The van der Waals surface area contributed by atoms with Crippen LogP contribution in [0.25, 0.3) is 0 Å². The van der Waals surface area contributed by atoms with Crippen LogP contribution in [0, 0.1) is 0 Å². The first-order chi connectivity index (χ1) is 12.3. The van der Waals surface area contributed by atoms with Crippen LogP contribution < -0.4 is 15.8 Å². The van der Waals surface area contributed by atoms with Gasteiger partial charge in [-0.15, -0.1) is 12.4 Å². The quantitative estimate of drug-likeness (QED) is 0.620. The van der Waals surface area contributed by atoms with Crippen molar-refractivity contribution in [3.63, 3.8) is 0 Å². The minimum absolute atomic E-state index is 0. The number of nitrogens with one attached hydrogen (secondary N) is 2. The number of hydrogen-bond donors (Lipinski definition) is 3. The summed E-state index contributed by atoms with van der Waals surface area (Å²) in [4.78, 5) is 12.3. The van der Waals surface area contributed by atoms with Crippen molar-refractivity contribution in [3.05, 3.63) is 70.8 Å². The Morgan fingerprint density at radius 1 is 1.04 bits per heavy atom. The smallest absolute Gasteiger partial charge is 0.251 e. The van der Waals surface area contributed by atoms with Gasteiger partial charge in [-0.3, -0.25) is 4.79 Å². The molecule has 0 unspecified atom stereocenters. The highest BCUT2D eigenvalue weighted by Gasteiger charge is 2.15. The molecule has 0 aromatic heterocycles. The molecule has 0 spiro atoms. The molecule has 0 saturated heterocycles. The molecule has 8 heteroatoms. The van der Waals surface area contributed by atoms with Crippen LogP contribution in [0.4, 0.5) is 0 Å². The maximum absolute atomic E-state index is 12.3. The summed E-state index contributed by atoms with van der Waals surface area (Å²) in [7, 11) is -3.43. The highest BCUT2D eigenvalue weighted by Crippen LogP contribution is 2.13. The van der Waals surface area contributed by atoms with E-state index < -0.39 is 10.0 Å². The van der Waals surface area contributed by atoms with E-state index in [2.05, 4.69) is 10.0 Å². The standard InChI is InChI=1S/C19H25N3O3S.ClH/c1-14(2)22-26(24,25)13-18-6-4-3-5-17(18)12-21-19(23)16-9-7-15(11-20)8-10-16;/h3-10,14,22H,11-13,20H2,1-2H3,(H,21,23);1H. The molecule has 27 heavy (non-hydrogen) atoms. The summed E-state index contributed by atoms with van der Waals surface area (Å²) in [5.41, 5.74) is 8.48. The van der Waals surface area contributed by atoms with Gasteiger partial charge < -0.3 is 11.1 Å². The molecule has 148 valence electrons. The summed E-state index contributed by atoms with van der Waals surface area (Å²) >= 11 is 0. The van der Waals surface area contributed by atoms with Crippen LogP contribution in [0.5, 0.6) is 0 Å². The topological polar surface area (TPSA) is 101 Å². The normalized spacial score (nSPS) is 11.1. The van der Waals surface area contributed by atoms with Gasteiger partial charge in [0.05, 0.1) is 5.75 Å². The predicted molar refractivity (Wildman–Crippen MR) is 110 cm³/mol. The molecule has 2 aromatic carbocycles. The van der Waals surface area contributed by atoms with Crippen molar-refractivity contribution >= 4 is 28.3 Å². The molecule has 1 amide bonds. The van der Waals surface area contributed by atoms with Crippen LogP contribution in [0.2, 0.25) is 0 Å². The lowest BCUT2D eigenvalue weighted by atomic mass is 10.1. The molecular weight excluding hydrogens is 386 g/mol. The van der Waals surface area contributed by atoms with Crippen LogP contribution >= 0.6 is 12.4 Å². The Labute approximate surface area is 167 Å². The van der Waals surface area contributed by atoms with Crippen molar-refractivity contribution < 1.29 is 13.2 Å². The van der Waals surface area contributed by atoms with Gasteiger partial charge in [-0.05, 0) is 42.7 Å². The van der Waals surface area contributed by atoms with Crippen LogP contribution in [0.3, 0.4) is 0 Å². The lowest BCUT2D eigenvalue weighted by Crippen LogP contribution is -2.31. The second kappa shape index (κ2) is 10.4. The molecule has 0 atom stereocenters. The van der Waals surface area contributed by atoms with Gasteiger partial charge in [0.1, 0.15) is 0 Å². The van der Waals surface area contributed by atoms with Crippen molar-refractivity contribution in [1.29, 1.82) is 0 Å². The van der Waals surface area contributed by atoms with E-state index in [1.165, 1.54) is 0 Å². The van der Waals surface area contributed by atoms with Gasteiger partial charge in [0.2, 0.25) is 10.0 Å². The lowest BCUT2D eigenvalue weighted by Gasteiger charge is -2.13. The van der Waals surface area contributed by atoms with Crippen LogP contribution in [-0.4, -0.2) is 20.4 Å². The molecule has 0 aliphatic rings. The summed E-state index contributed by atoms with van der Waals surface area (Å²) in [5.74, 6) is -0.339. The SMILES string of the molecule is CC(C)NS(=O)(=O)Cc1ccccc1CNC(=O)c1ccc(CN)cc1.Cl. The number of nitrogens with two attached hydrogens (primary N) is 1. The maximum Gasteiger partial charge on any atom is 0.251 e. The third kappa shape index (κ3) is 7.30. The lowest BCUT2D eigenvalue weighted by molar-refractivity contribution is 0.0951. The fourth-order valence-electron chi connectivity index (χ4n) is 2.55. The second-order valence-electron chi connectivity index (χ2n) is 6.38. The summed E-state index contributed by atoms with van der Waals surface area (Å²) in [5, 5.41) is 2.83. The molecule has 0 aliphatic carbocycles. The van der Waals surface area contributed by atoms with E-state index in [0.29, 0.717) is 17.7 Å². The van der Waals surface area contributed by atoms with Crippen LogP contribution in [0.1, 0.15) is 40.9 Å². The van der Waals surface area contributed by atoms with E-state index in [-0.39, 0.29) is 36.7 Å². The molecule has 0 radical (unpaired) electrons. The molecule has 0 aliphatic heterocycles. The molecule has 0 heterocycles. The Hall–Kier alpha value is -1.93. The summed E-state index contributed by atoms with van der Waals surface area (Å²) in [6.07, 6.45) is 0. The first-order valence-electron chi connectivity index (χ1n) is 8.44. The van der Waals surface area contributed by atoms with Crippen molar-refractivity contribution in [2.75, 3.05) is 0 Å². The number of carbonyl (C=O) groups excluding carboxylic acids is 1. The molecule has 4 N–H and O–H groups in total. The average molecular weight is 412 g/mol. The molecule has 0 saturated carbocycles. The first kappa shape index (κ1) is 23.1. The van der Waals surface area contributed by atoms with Gasteiger partial charge in [0.25, 0.3) is 5.91 Å². The number of rotatable bonds is 8. The molecule has 0 fully saturated rings. The van der Waals surface area contributed by atoms with Gasteiger partial charge >= 0.3 is 0 Å². The van der Waals surface area contributed by atoms with Gasteiger partial charge in [-0.25, -0.2) is 13.1 Å². The van der Waals surface area contributed by atoms with E-state index >= 15 is 0 Å². The van der Waals surface area contributed by atoms with E-state index in [0.717, 1.165) is 11.1 Å². The summed E-state index contributed by atoms with van der Waals surface area (Å²) in [6.45, 7) is 4.23. The Bertz CT molecular complexity index is 853. The summed E-state index contributed by atoms with van der Waals surface area (Å²) < 4.78 is 26.9. The Morgan fingerprint density at radius 3 is 2.19 bits per heavy atom. The molecule has 2 rings (SSSR count). The molecule has 0 bridgehead atoms. The minimum atomic E-state index is -3.43. The molecule has 6 nitrogen and oxygen atoms in total. The highest BCUT2D eigenvalue weighted by atomic mass is 35.5. The largest absolute Gasteiger partial charge is 0.348 e. The number of hydrogen-bond acceptors (Lipinski definition) is 4. The fourth-order valence-corrected chi connectivity index (χ4v) is 4.04. The van der Waals surface area contributed by atoms with Gasteiger partial charge in [0.15, 0.2) is 0 Å².